The highest BCUT2D eigenvalue weighted by atomic mass is 16.5. The molecule has 2 N–H and O–H groups in total. The highest BCUT2D eigenvalue weighted by Gasteiger charge is 2.43. The molecule has 1 unspecified atom stereocenters. The maximum absolute atomic E-state index is 12.8. The second kappa shape index (κ2) is 4.98. The minimum absolute atomic E-state index is 0.0142. The minimum atomic E-state index is -0.501. The Labute approximate surface area is 135 Å². The number of ketones is 1. The van der Waals surface area contributed by atoms with Crippen molar-refractivity contribution in [3.05, 3.63) is 40.2 Å². The Morgan fingerprint density at radius 1 is 1.48 bits per heavy atom. The molecule has 0 saturated carbocycles. The lowest BCUT2D eigenvalue weighted by molar-refractivity contribution is -0.119. The molecule has 0 fully saturated rings. The summed E-state index contributed by atoms with van der Waals surface area (Å²) in [6.07, 6.45) is 1.06. The average Bonchev–Trinajstić information content (AvgIpc) is 2.74. The zero-order chi connectivity index (χ0) is 16.9. The molecule has 120 valence electrons. The lowest BCUT2D eigenvalue weighted by Crippen LogP contribution is -2.34. The van der Waals surface area contributed by atoms with Crippen LogP contribution >= 0.6 is 0 Å². The number of rotatable bonds is 1. The third-order valence-electron chi connectivity index (χ3n) is 4.41. The highest BCUT2D eigenvalue weighted by Crippen LogP contribution is 2.47. The van der Waals surface area contributed by atoms with Crippen molar-refractivity contribution in [1.29, 1.82) is 5.26 Å². The van der Waals surface area contributed by atoms with Gasteiger partial charge in [-0.2, -0.15) is 10.4 Å². The van der Waals surface area contributed by atoms with Gasteiger partial charge >= 0.3 is 0 Å². The van der Waals surface area contributed by atoms with Gasteiger partial charge in [-0.05, 0) is 18.4 Å². The first kappa shape index (κ1) is 15.3. The van der Waals surface area contributed by atoms with Crippen LogP contribution in [0.15, 0.2) is 28.9 Å². The van der Waals surface area contributed by atoms with Crippen LogP contribution in [0.2, 0.25) is 0 Å². The van der Waals surface area contributed by atoms with E-state index in [1.165, 1.54) is 0 Å². The van der Waals surface area contributed by atoms with Gasteiger partial charge in [0.25, 0.3) is 0 Å². The Morgan fingerprint density at radius 2 is 2.17 bits per heavy atom. The van der Waals surface area contributed by atoms with Crippen molar-refractivity contribution in [1.82, 2.24) is 9.78 Å². The van der Waals surface area contributed by atoms with Crippen LogP contribution in [0.3, 0.4) is 0 Å². The van der Waals surface area contributed by atoms with E-state index in [4.69, 9.17) is 10.5 Å². The number of carbonyl (C=O) groups excluding carboxylic acids is 1. The molecule has 1 atom stereocenters. The molecule has 0 aromatic carbocycles. The van der Waals surface area contributed by atoms with Crippen LogP contribution in [0.5, 0.6) is 0 Å². The van der Waals surface area contributed by atoms with Gasteiger partial charge in [-0.25, -0.2) is 0 Å². The van der Waals surface area contributed by atoms with Crippen LogP contribution < -0.4 is 5.73 Å². The second-order valence-corrected chi connectivity index (χ2v) is 7.04. The van der Waals surface area contributed by atoms with Crippen LogP contribution in [-0.4, -0.2) is 15.6 Å². The normalized spacial score (nSPS) is 23.4. The molecule has 0 radical (unpaired) electrons. The Balaban J connectivity index is 2.22. The maximum atomic E-state index is 12.8. The summed E-state index contributed by atoms with van der Waals surface area (Å²) in [5.41, 5.74) is 8.25. The summed E-state index contributed by atoms with van der Waals surface area (Å²) >= 11 is 0. The van der Waals surface area contributed by atoms with Crippen molar-refractivity contribution in [3.63, 3.8) is 0 Å². The van der Waals surface area contributed by atoms with Gasteiger partial charge in [0.1, 0.15) is 17.4 Å². The first-order valence-corrected chi connectivity index (χ1v) is 7.58. The van der Waals surface area contributed by atoms with Gasteiger partial charge in [0, 0.05) is 25.5 Å². The Hall–Kier alpha value is -2.55. The molecule has 0 bridgehead atoms. The fourth-order valence-corrected chi connectivity index (χ4v) is 3.48. The van der Waals surface area contributed by atoms with Crippen molar-refractivity contribution in [3.8, 4) is 6.07 Å². The molecule has 0 amide bonds. The zero-order valence-corrected chi connectivity index (χ0v) is 13.8. The first-order valence-electron chi connectivity index (χ1n) is 7.58. The Morgan fingerprint density at radius 3 is 2.74 bits per heavy atom. The molecule has 6 heteroatoms. The van der Waals surface area contributed by atoms with Crippen LogP contribution in [-0.2, 0) is 16.6 Å². The quantitative estimate of drug-likeness (QED) is 0.857. The summed E-state index contributed by atoms with van der Waals surface area (Å²) in [5.74, 6) is 0.186. The van der Waals surface area contributed by atoms with E-state index in [2.05, 4.69) is 11.2 Å². The molecule has 2 heterocycles. The number of hydrogen-bond acceptors (Lipinski definition) is 5. The second-order valence-electron chi connectivity index (χ2n) is 7.04. The van der Waals surface area contributed by atoms with Crippen molar-refractivity contribution in [2.45, 2.75) is 39.5 Å². The maximum Gasteiger partial charge on any atom is 0.205 e. The van der Waals surface area contributed by atoms with Gasteiger partial charge < -0.3 is 10.5 Å². The Kier molecular flexibility index (Phi) is 3.33. The zero-order valence-electron chi connectivity index (χ0n) is 13.8. The van der Waals surface area contributed by atoms with Gasteiger partial charge in [0.15, 0.2) is 5.78 Å². The molecule has 0 saturated heterocycles. The van der Waals surface area contributed by atoms with E-state index in [0.29, 0.717) is 24.2 Å². The summed E-state index contributed by atoms with van der Waals surface area (Å²) in [6, 6.07) is 4.00. The summed E-state index contributed by atoms with van der Waals surface area (Å²) in [5, 5.41) is 13.9. The number of allylic oxidation sites excluding steroid dienone is 3. The number of carbonyl (C=O) groups is 1. The topological polar surface area (TPSA) is 93.9 Å². The third kappa shape index (κ3) is 2.42. The number of aryl methyl sites for hydroxylation is 2. The van der Waals surface area contributed by atoms with E-state index in [1.807, 2.05) is 26.8 Å². The van der Waals surface area contributed by atoms with E-state index >= 15 is 0 Å². The van der Waals surface area contributed by atoms with Crippen molar-refractivity contribution in [2.24, 2.45) is 18.2 Å². The van der Waals surface area contributed by atoms with Gasteiger partial charge in [0.2, 0.25) is 5.88 Å². The smallest absolute Gasteiger partial charge is 0.205 e. The number of nitrogens with zero attached hydrogens (tertiary/aromatic N) is 3. The lowest BCUT2D eigenvalue weighted by Gasteiger charge is -2.37. The van der Waals surface area contributed by atoms with Gasteiger partial charge in [-0.15, -0.1) is 0 Å². The van der Waals surface area contributed by atoms with Gasteiger partial charge in [0.05, 0.1) is 17.3 Å². The molecular formula is C17H20N4O2. The molecule has 0 spiro atoms. The predicted octanol–water partition coefficient (Wildman–Crippen LogP) is 2.18. The third-order valence-corrected chi connectivity index (χ3v) is 4.41. The van der Waals surface area contributed by atoms with Crippen molar-refractivity contribution in [2.75, 3.05) is 0 Å². The van der Waals surface area contributed by atoms with Crippen LogP contribution in [0.25, 0.3) is 0 Å². The van der Waals surface area contributed by atoms with Gasteiger partial charge in [-0.1, -0.05) is 13.8 Å². The lowest BCUT2D eigenvalue weighted by atomic mass is 9.71. The molecule has 2 aliphatic rings. The summed E-state index contributed by atoms with van der Waals surface area (Å²) in [4.78, 5) is 12.8. The number of nitriles is 1. The van der Waals surface area contributed by atoms with Crippen molar-refractivity contribution >= 4 is 5.78 Å². The number of ether oxygens (including phenoxy) is 1. The molecule has 1 aromatic heterocycles. The fourth-order valence-electron chi connectivity index (χ4n) is 3.48. The number of nitrogens with two attached hydrogens (primary N) is 1. The number of aromatic nitrogens is 2. The minimum Gasteiger partial charge on any atom is -0.444 e. The summed E-state index contributed by atoms with van der Waals surface area (Å²) in [7, 11) is 1.81. The Bertz CT molecular complexity index is 805. The highest BCUT2D eigenvalue weighted by molar-refractivity contribution is 5.99. The summed E-state index contributed by atoms with van der Waals surface area (Å²) < 4.78 is 7.36. The number of hydrogen-bond donors (Lipinski definition) is 1. The fraction of sp³-hybridized carbons (Fsp3) is 0.471. The van der Waals surface area contributed by atoms with Crippen LogP contribution in [0.1, 0.15) is 44.0 Å². The van der Waals surface area contributed by atoms with E-state index in [0.717, 1.165) is 11.4 Å². The average molecular weight is 312 g/mol. The first-order chi connectivity index (χ1) is 10.7. The molecule has 1 aromatic rings. The monoisotopic (exact) mass is 312 g/mol. The SMILES string of the molecule is Cc1cc(C2C(C#N)=C(N)OC3=C2C(=O)CC(C)(C)C3)n(C)n1. The van der Waals surface area contributed by atoms with E-state index < -0.39 is 5.92 Å². The standard InChI is InChI=1S/C17H20N4O2/c1-9-5-11(21(4)20-9)14-10(8-18)16(19)23-13-7-17(2,3)6-12(22)15(13)14/h5,14H,6-7,19H2,1-4H3. The molecule has 1 aliphatic carbocycles. The molecule has 1 aliphatic heterocycles. The molecule has 3 rings (SSSR count). The van der Waals surface area contributed by atoms with Gasteiger partial charge in [-0.3, -0.25) is 9.48 Å². The van der Waals surface area contributed by atoms with Crippen LogP contribution in [0, 0.1) is 23.7 Å². The largest absolute Gasteiger partial charge is 0.444 e. The molecule has 23 heavy (non-hydrogen) atoms. The molecular weight excluding hydrogens is 292 g/mol. The van der Waals surface area contributed by atoms with E-state index in [9.17, 15) is 10.1 Å². The van der Waals surface area contributed by atoms with Crippen LogP contribution in [0.4, 0.5) is 0 Å². The number of Topliss-reactive ketones (excluding diaryl/α,β-unsaturated/α-hetero) is 1. The molecule has 6 nitrogen and oxygen atoms in total. The van der Waals surface area contributed by atoms with Crippen molar-refractivity contribution < 1.29 is 9.53 Å². The predicted molar refractivity (Wildman–Crippen MR) is 83.6 cm³/mol. The van der Waals surface area contributed by atoms with E-state index in [-0.39, 0.29) is 22.7 Å². The van der Waals surface area contributed by atoms with E-state index in [1.54, 1.807) is 11.7 Å². The summed E-state index contributed by atoms with van der Waals surface area (Å²) in [6.45, 7) is 5.94.